The lowest BCUT2D eigenvalue weighted by atomic mass is 9.89. The van der Waals surface area contributed by atoms with Crippen molar-refractivity contribution in [3.63, 3.8) is 0 Å². The maximum Gasteiger partial charge on any atom is 0.416 e. The minimum absolute atomic E-state index is 0.0792. The quantitative estimate of drug-likeness (QED) is 0.420. The minimum atomic E-state index is -0.666. The van der Waals surface area contributed by atoms with E-state index in [2.05, 4.69) is 29.6 Å². The van der Waals surface area contributed by atoms with Gasteiger partial charge in [0.05, 0.1) is 12.7 Å². The summed E-state index contributed by atoms with van der Waals surface area (Å²) in [5.41, 5.74) is 1.51. The smallest absolute Gasteiger partial charge is 0.416 e. The Kier molecular flexibility index (Phi) is 7.54. The number of ether oxygens (including phenoxy) is 3. The van der Waals surface area contributed by atoms with Crippen LogP contribution in [0.3, 0.4) is 0 Å². The van der Waals surface area contributed by atoms with Crippen LogP contribution in [-0.4, -0.2) is 63.4 Å². The lowest BCUT2D eigenvalue weighted by Crippen LogP contribution is -2.56. The van der Waals surface area contributed by atoms with Crippen molar-refractivity contribution in [2.24, 2.45) is 0 Å². The molecule has 2 unspecified atom stereocenters. The molecule has 2 aromatic heterocycles. The fraction of sp³-hybridized carbons (Fsp3) is 0.567. The van der Waals surface area contributed by atoms with Gasteiger partial charge in [0.1, 0.15) is 28.9 Å². The topological polar surface area (TPSA) is 102 Å². The van der Waals surface area contributed by atoms with Crippen LogP contribution in [0.1, 0.15) is 71.9 Å². The maximum atomic E-state index is 13.7. The Bertz CT molecular complexity index is 1350. The van der Waals surface area contributed by atoms with Crippen LogP contribution in [0.25, 0.3) is 5.65 Å². The number of aromatic nitrogens is 3. The van der Waals surface area contributed by atoms with Gasteiger partial charge in [-0.05, 0) is 59.1 Å². The predicted molar refractivity (Wildman–Crippen MR) is 155 cm³/mol. The van der Waals surface area contributed by atoms with Crippen LogP contribution in [0.15, 0.2) is 42.6 Å². The molecule has 2 aliphatic rings. The first-order valence-electron chi connectivity index (χ1n) is 14.1. The second-order valence-corrected chi connectivity index (χ2v) is 12.5. The predicted octanol–water partition coefficient (Wildman–Crippen LogP) is 5.09. The van der Waals surface area contributed by atoms with Gasteiger partial charge in [0.25, 0.3) is 0 Å². The zero-order valence-electron chi connectivity index (χ0n) is 24.7. The molecule has 40 heavy (non-hydrogen) atoms. The van der Waals surface area contributed by atoms with Gasteiger partial charge >= 0.3 is 6.09 Å². The lowest BCUT2D eigenvalue weighted by Gasteiger charge is -2.37. The SMILES string of the molecule is CC(C)c1cnn2c(N(Cc3ccccc3)C(=O)OC(C)(C)C)cc(NCC34CCNCC3OC(C)(C)O4)nc12. The highest BCUT2D eigenvalue weighted by atomic mass is 16.8. The van der Waals surface area contributed by atoms with E-state index in [4.69, 9.17) is 19.2 Å². The number of anilines is 2. The Morgan fingerprint density at radius 1 is 1.27 bits per heavy atom. The van der Waals surface area contributed by atoms with Gasteiger partial charge < -0.3 is 24.8 Å². The van der Waals surface area contributed by atoms with Crippen molar-refractivity contribution in [1.29, 1.82) is 0 Å². The summed E-state index contributed by atoms with van der Waals surface area (Å²) >= 11 is 0. The number of nitrogens with zero attached hydrogens (tertiary/aromatic N) is 4. The molecule has 1 amide bonds. The fourth-order valence-corrected chi connectivity index (χ4v) is 5.46. The van der Waals surface area contributed by atoms with Gasteiger partial charge in [0.15, 0.2) is 11.4 Å². The second-order valence-electron chi connectivity index (χ2n) is 12.5. The number of benzene rings is 1. The molecule has 216 valence electrons. The number of hydrogen-bond acceptors (Lipinski definition) is 8. The van der Waals surface area contributed by atoms with Crippen molar-refractivity contribution in [3.8, 4) is 0 Å². The van der Waals surface area contributed by atoms with Crippen LogP contribution in [-0.2, 0) is 20.8 Å². The fourth-order valence-electron chi connectivity index (χ4n) is 5.46. The third-order valence-corrected chi connectivity index (χ3v) is 7.26. The first kappa shape index (κ1) is 28.3. The first-order chi connectivity index (χ1) is 18.9. The number of carbonyl (C=O) groups is 1. The van der Waals surface area contributed by atoms with E-state index < -0.39 is 23.1 Å². The molecule has 10 heteroatoms. The van der Waals surface area contributed by atoms with Crippen molar-refractivity contribution in [1.82, 2.24) is 19.9 Å². The molecule has 4 heterocycles. The molecule has 0 saturated carbocycles. The van der Waals surface area contributed by atoms with Gasteiger partial charge in [-0.2, -0.15) is 9.61 Å². The molecule has 0 bridgehead atoms. The summed E-state index contributed by atoms with van der Waals surface area (Å²) in [6.07, 6.45) is 2.10. The molecule has 0 spiro atoms. The molecule has 2 saturated heterocycles. The zero-order chi connectivity index (χ0) is 28.7. The average molecular weight is 551 g/mol. The average Bonchev–Trinajstić information content (AvgIpc) is 3.42. The number of hydrogen-bond donors (Lipinski definition) is 2. The molecule has 2 aliphatic heterocycles. The van der Waals surface area contributed by atoms with E-state index in [-0.39, 0.29) is 12.0 Å². The molecule has 1 aromatic carbocycles. The molecule has 2 atom stereocenters. The Balaban J connectivity index is 1.55. The van der Waals surface area contributed by atoms with Crippen LogP contribution in [0.4, 0.5) is 16.4 Å². The summed E-state index contributed by atoms with van der Waals surface area (Å²) in [6, 6.07) is 11.7. The van der Waals surface area contributed by atoms with Crippen molar-refractivity contribution in [2.45, 2.75) is 90.4 Å². The summed E-state index contributed by atoms with van der Waals surface area (Å²) in [5, 5.41) is 11.6. The lowest BCUT2D eigenvalue weighted by molar-refractivity contribution is -0.160. The summed E-state index contributed by atoms with van der Waals surface area (Å²) < 4.78 is 20.3. The molecule has 2 fully saturated rings. The highest BCUT2D eigenvalue weighted by Gasteiger charge is 2.54. The van der Waals surface area contributed by atoms with Crippen molar-refractivity contribution in [2.75, 3.05) is 29.9 Å². The maximum absolute atomic E-state index is 13.7. The Morgan fingerprint density at radius 2 is 2.02 bits per heavy atom. The van der Waals surface area contributed by atoms with Crippen LogP contribution in [0, 0.1) is 0 Å². The summed E-state index contributed by atoms with van der Waals surface area (Å²) in [5.74, 6) is 0.727. The van der Waals surface area contributed by atoms with Gasteiger partial charge in [0, 0.05) is 24.7 Å². The van der Waals surface area contributed by atoms with E-state index in [1.165, 1.54) is 0 Å². The Hall–Kier alpha value is -3.21. The number of fused-ring (bicyclic) bond motifs is 2. The van der Waals surface area contributed by atoms with Crippen LogP contribution >= 0.6 is 0 Å². The van der Waals surface area contributed by atoms with Crippen LogP contribution < -0.4 is 15.5 Å². The summed E-state index contributed by atoms with van der Waals surface area (Å²) in [7, 11) is 0. The zero-order valence-corrected chi connectivity index (χ0v) is 24.7. The van der Waals surface area contributed by atoms with E-state index in [0.29, 0.717) is 30.4 Å². The van der Waals surface area contributed by atoms with E-state index in [0.717, 1.165) is 30.6 Å². The van der Waals surface area contributed by atoms with Gasteiger partial charge in [-0.3, -0.25) is 4.90 Å². The molecule has 0 radical (unpaired) electrons. The normalized spacial score (nSPS) is 22.4. The third-order valence-electron chi connectivity index (χ3n) is 7.26. The Morgan fingerprint density at radius 3 is 2.73 bits per heavy atom. The van der Waals surface area contributed by atoms with Crippen LogP contribution in [0.5, 0.6) is 0 Å². The van der Waals surface area contributed by atoms with Gasteiger partial charge in [-0.1, -0.05) is 44.2 Å². The highest BCUT2D eigenvalue weighted by molar-refractivity contribution is 5.88. The molecule has 2 N–H and O–H groups in total. The highest BCUT2D eigenvalue weighted by Crippen LogP contribution is 2.40. The largest absolute Gasteiger partial charge is 0.443 e. The van der Waals surface area contributed by atoms with Crippen molar-refractivity contribution in [3.05, 3.63) is 53.7 Å². The third kappa shape index (κ3) is 5.94. The monoisotopic (exact) mass is 550 g/mol. The van der Waals surface area contributed by atoms with Gasteiger partial charge in [-0.15, -0.1) is 0 Å². The van der Waals surface area contributed by atoms with Gasteiger partial charge in [0.2, 0.25) is 0 Å². The summed E-state index contributed by atoms with van der Waals surface area (Å²) in [4.78, 5) is 20.3. The first-order valence-corrected chi connectivity index (χ1v) is 14.1. The van der Waals surface area contributed by atoms with E-state index >= 15 is 0 Å². The second kappa shape index (κ2) is 10.6. The minimum Gasteiger partial charge on any atom is -0.443 e. The molecule has 3 aromatic rings. The van der Waals surface area contributed by atoms with E-state index in [1.54, 1.807) is 9.42 Å². The standard InChI is InChI=1S/C30H42N6O4/c1-20(2)22-16-33-36-25(35(27(37)39-28(3,4)5)18-21-11-9-8-10-12-21)15-24(34-26(22)36)32-19-30-13-14-31-17-23(30)38-29(6,7)40-30/h8-12,15-16,20,23,31H,13-14,17-19H2,1-7H3,(H,32,34). The van der Waals surface area contributed by atoms with Crippen molar-refractivity contribution >= 4 is 23.4 Å². The molecule has 10 nitrogen and oxygen atoms in total. The summed E-state index contributed by atoms with van der Waals surface area (Å²) in [6.45, 7) is 16.1. The number of amides is 1. The number of nitrogens with one attached hydrogen (secondary N) is 2. The van der Waals surface area contributed by atoms with E-state index in [1.807, 2.05) is 77.2 Å². The molecular formula is C30H42N6O4. The van der Waals surface area contributed by atoms with Gasteiger partial charge in [-0.25, -0.2) is 9.78 Å². The van der Waals surface area contributed by atoms with Crippen molar-refractivity contribution < 1.29 is 19.0 Å². The molecule has 0 aliphatic carbocycles. The number of piperidine rings is 1. The van der Waals surface area contributed by atoms with E-state index in [9.17, 15) is 4.79 Å². The Labute approximate surface area is 236 Å². The van der Waals surface area contributed by atoms with Crippen LogP contribution in [0.2, 0.25) is 0 Å². The number of carbonyl (C=O) groups excluding carboxylic acids is 1. The number of rotatable bonds is 7. The molecular weight excluding hydrogens is 508 g/mol. The molecule has 5 rings (SSSR count).